The van der Waals surface area contributed by atoms with Crippen LogP contribution in [0.25, 0.3) is 11.1 Å². The first kappa shape index (κ1) is 19.5. The van der Waals surface area contributed by atoms with Crippen LogP contribution in [0, 0.1) is 10.8 Å². The molecule has 0 radical (unpaired) electrons. The molecule has 0 aliphatic carbocycles. The number of alkyl halides is 3. The van der Waals surface area contributed by atoms with E-state index in [4.69, 9.17) is 15.6 Å². The van der Waals surface area contributed by atoms with E-state index in [1.807, 2.05) is 0 Å². The highest BCUT2D eigenvalue weighted by Gasteiger charge is 2.30. The predicted molar refractivity (Wildman–Crippen MR) is 90.6 cm³/mol. The Hall–Kier alpha value is -2.87. The molecule has 2 aromatic carbocycles. The van der Waals surface area contributed by atoms with Crippen LogP contribution in [0.15, 0.2) is 42.5 Å². The summed E-state index contributed by atoms with van der Waals surface area (Å²) in [6, 6.07) is 9.52. The number of aliphatic hydroxyl groups is 1. The number of nitrogens with one attached hydrogen (secondary N) is 2. The number of aliphatic hydroxyl groups excluding tert-OH is 1. The second kappa shape index (κ2) is 8.01. The highest BCUT2D eigenvalue weighted by atomic mass is 19.4. The van der Waals surface area contributed by atoms with Crippen molar-refractivity contribution in [1.29, 1.82) is 10.8 Å². The van der Waals surface area contributed by atoms with Gasteiger partial charge < -0.3 is 14.6 Å². The van der Waals surface area contributed by atoms with Crippen molar-refractivity contribution in [3.8, 4) is 16.9 Å². The Morgan fingerprint density at radius 3 is 2.31 bits per heavy atom. The standard InChI is InChI=1S/C18H17F3N2O3/c1-25-16-7-4-12(8-14(16)15(24)9-17(23)26-10-22)11-2-5-13(6-3-11)18(19,20)21/h2-8,10,15,22-24H,9H2,1H3. The quantitative estimate of drug-likeness (QED) is 0.523. The number of halogens is 3. The van der Waals surface area contributed by atoms with Gasteiger partial charge in [0, 0.05) is 5.56 Å². The summed E-state index contributed by atoms with van der Waals surface area (Å²) in [5.74, 6) is 0.0744. The summed E-state index contributed by atoms with van der Waals surface area (Å²) in [6.07, 6.45) is -5.13. The minimum Gasteiger partial charge on any atom is -0.496 e. The summed E-state index contributed by atoms with van der Waals surface area (Å²) in [5.41, 5.74) is 0.753. The molecule has 0 aliphatic heterocycles. The summed E-state index contributed by atoms with van der Waals surface area (Å²) in [4.78, 5) is 0. The maximum absolute atomic E-state index is 12.7. The number of ether oxygens (including phenoxy) is 2. The van der Waals surface area contributed by atoms with Gasteiger partial charge in [-0.1, -0.05) is 18.2 Å². The van der Waals surface area contributed by atoms with Gasteiger partial charge in [-0.3, -0.25) is 10.8 Å². The fraction of sp³-hybridized carbons (Fsp3) is 0.222. The van der Waals surface area contributed by atoms with Gasteiger partial charge in [-0.15, -0.1) is 0 Å². The molecule has 8 heteroatoms. The van der Waals surface area contributed by atoms with Gasteiger partial charge in [0.1, 0.15) is 5.75 Å². The summed E-state index contributed by atoms with van der Waals surface area (Å²) in [6.45, 7) is 0. The third-order valence-electron chi connectivity index (χ3n) is 3.71. The fourth-order valence-electron chi connectivity index (χ4n) is 2.43. The van der Waals surface area contributed by atoms with Crippen LogP contribution < -0.4 is 4.74 Å². The topological polar surface area (TPSA) is 86.4 Å². The Kier molecular flexibility index (Phi) is 5.99. The Morgan fingerprint density at radius 2 is 1.77 bits per heavy atom. The van der Waals surface area contributed by atoms with E-state index in [9.17, 15) is 18.3 Å². The molecule has 0 bridgehead atoms. The zero-order valence-electron chi connectivity index (χ0n) is 13.8. The van der Waals surface area contributed by atoms with Crippen molar-refractivity contribution in [2.24, 2.45) is 0 Å². The minimum absolute atomic E-state index is 0.178. The average Bonchev–Trinajstić information content (AvgIpc) is 2.60. The van der Waals surface area contributed by atoms with Crippen LogP contribution in [-0.4, -0.2) is 24.5 Å². The van der Waals surface area contributed by atoms with Crippen molar-refractivity contribution in [3.05, 3.63) is 53.6 Å². The van der Waals surface area contributed by atoms with Crippen LogP contribution in [0.4, 0.5) is 13.2 Å². The van der Waals surface area contributed by atoms with Crippen LogP contribution in [0.1, 0.15) is 23.7 Å². The number of hydrogen-bond acceptors (Lipinski definition) is 5. The zero-order chi connectivity index (χ0) is 19.3. The summed E-state index contributed by atoms with van der Waals surface area (Å²) in [7, 11) is 1.42. The number of benzene rings is 2. The van der Waals surface area contributed by atoms with Crippen LogP contribution in [0.2, 0.25) is 0 Å². The lowest BCUT2D eigenvalue weighted by Gasteiger charge is -2.16. The van der Waals surface area contributed by atoms with E-state index < -0.39 is 17.8 Å². The van der Waals surface area contributed by atoms with Gasteiger partial charge in [-0.05, 0) is 35.4 Å². The van der Waals surface area contributed by atoms with Crippen molar-refractivity contribution in [1.82, 2.24) is 0 Å². The summed E-state index contributed by atoms with van der Waals surface area (Å²) >= 11 is 0. The molecule has 3 N–H and O–H groups in total. The first-order chi connectivity index (χ1) is 12.3. The molecule has 0 spiro atoms. The molecule has 2 aromatic rings. The van der Waals surface area contributed by atoms with Crippen molar-refractivity contribution in [3.63, 3.8) is 0 Å². The molecule has 0 aromatic heterocycles. The van der Waals surface area contributed by atoms with Gasteiger partial charge in [-0.2, -0.15) is 13.2 Å². The van der Waals surface area contributed by atoms with E-state index in [2.05, 4.69) is 4.74 Å². The third-order valence-corrected chi connectivity index (χ3v) is 3.71. The molecule has 0 saturated heterocycles. The Labute approximate surface area is 148 Å². The fourth-order valence-corrected chi connectivity index (χ4v) is 2.43. The molecule has 2 rings (SSSR count). The average molecular weight is 366 g/mol. The molecule has 0 aliphatic rings. The van der Waals surface area contributed by atoms with E-state index in [1.165, 1.54) is 19.2 Å². The van der Waals surface area contributed by atoms with Crippen molar-refractivity contribution >= 4 is 12.3 Å². The second-order valence-corrected chi connectivity index (χ2v) is 5.41. The molecule has 0 amide bonds. The monoisotopic (exact) mass is 366 g/mol. The third kappa shape index (κ3) is 4.60. The molecular weight excluding hydrogens is 349 g/mol. The van der Waals surface area contributed by atoms with Crippen LogP contribution >= 0.6 is 0 Å². The maximum Gasteiger partial charge on any atom is 0.416 e. The van der Waals surface area contributed by atoms with E-state index in [1.54, 1.807) is 18.2 Å². The number of rotatable bonds is 6. The molecular formula is C18H17F3N2O3. The second-order valence-electron chi connectivity index (χ2n) is 5.41. The largest absolute Gasteiger partial charge is 0.496 e. The van der Waals surface area contributed by atoms with Gasteiger partial charge >= 0.3 is 6.18 Å². The van der Waals surface area contributed by atoms with Crippen molar-refractivity contribution in [2.45, 2.75) is 18.7 Å². The molecule has 26 heavy (non-hydrogen) atoms. The SMILES string of the molecule is COc1ccc(-c2ccc(C(F)(F)F)cc2)cc1C(O)CC(=N)OC=N. The van der Waals surface area contributed by atoms with Gasteiger partial charge in [0.05, 0.1) is 25.2 Å². The zero-order valence-corrected chi connectivity index (χ0v) is 13.8. The van der Waals surface area contributed by atoms with Crippen molar-refractivity contribution < 1.29 is 27.8 Å². The van der Waals surface area contributed by atoms with E-state index in [0.717, 1.165) is 12.1 Å². The van der Waals surface area contributed by atoms with Crippen LogP contribution in [0.5, 0.6) is 5.75 Å². The first-order valence-electron chi connectivity index (χ1n) is 7.53. The highest BCUT2D eigenvalue weighted by Crippen LogP contribution is 2.34. The molecule has 5 nitrogen and oxygen atoms in total. The number of hydrogen-bond donors (Lipinski definition) is 3. The van der Waals surface area contributed by atoms with Crippen LogP contribution in [-0.2, 0) is 10.9 Å². The van der Waals surface area contributed by atoms with Crippen LogP contribution in [0.3, 0.4) is 0 Å². The Bertz CT molecular complexity index is 789. The van der Waals surface area contributed by atoms with Gasteiger partial charge in [0.2, 0.25) is 0 Å². The van der Waals surface area contributed by atoms with Gasteiger partial charge in [0.15, 0.2) is 12.3 Å². The van der Waals surface area contributed by atoms with E-state index in [0.29, 0.717) is 28.8 Å². The molecule has 1 unspecified atom stereocenters. The lowest BCUT2D eigenvalue weighted by molar-refractivity contribution is -0.137. The molecule has 1 atom stereocenters. The maximum atomic E-state index is 12.7. The van der Waals surface area contributed by atoms with E-state index >= 15 is 0 Å². The van der Waals surface area contributed by atoms with Crippen molar-refractivity contribution in [2.75, 3.05) is 7.11 Å². The summed E-state index contributed by atoms with van der Waals surface area (Å²) < 4.78 is 47.8. The normalized spacial score (nSPS) is 12.3. The lowest BCUT2D eigenvalue weighted by atomic mass is 9.97. The first-order valence-corrected chi connectivity index (χ1v) is 7.53. The van der Waals surface area contributed by atoms with Gasteiger partial charge in [0.25, 0.3) is 0 Å². The lowest BCUT2D eigenvalue weighted by Crippen LogP contribution is -2.09. The van der Waals surface area contributed by atoms with Gasteiger partial charge in [-0.25, -0.2) is 0 Å². The molecule has 138 valence electrons. The smallest absolute Gasteiger partial charge is 0.416 e. The molecule has 0 heterocycles. The predicted octanol–water partition coefficient (Wildman–Crippen LogP) is 4.41. The number of methoxy groups -OCH3 is 1. The Morgan fingerprint density at radius 1 is 1.15 bits per heavy atom. The summed E-state index contributed by atoms with van der Waals surface area (Å²) in [5, 5.41) is 24.6. The minimum atomic E-state index is -4.41. The molecule has 0 saturated carbocycles. The van der Waals surface area contributed by atoms with E-state index in [-0.39, 0.29) is 12.3 Å². The molecule has 0 fully saturated rings. The highest BCUT2D eigenvalue weighted by molar-refractivity contribution is 5.80. The Balaban J connectivity index is 2.34.